The first-order valence-electron chi connectivity index (χ1n) is 9.06. The number of carbonyl (C=O) groups is 2. The lowest BCUT2D eigenvalue weighted by atomic mass is 9.82. The van der Waals surface area contributed by atoms with Gasteiger partial charge in [0.1, 0.15) is 12.2 Å². The van der Waals surface area contributed by atoms with Crippen LogP contribution in [0.3, 0.4) is 0 Å². The van der Waals surface area contributed by atoms with Crippen molar-refractivity contribution < 1.29 is 24.2 Å². The number of hydrogen-bond donors (Lipinski definition) is 1. The number of carbonyl (C=O) groups excluding carboxylic acids is 1. The molecule has 3 rings (SSSR count). The summed E-state index contributed by atoms with van der Waals surface area (Å²) >= 11 is 3.53. The molecule has 0 radical (unpaired) electrons. The van der Waals surface area contributed by atoms with Crippen LogP contribution in [-0.4, -0.2) is 52.4 Å². The Labute approximate surface area is 167 Å². The van der Waals surface area contributed by atoms with E-state index in [0.717, 1.165) is 16.5 Å². The molecule has 2 heterocycles. The van der Waals surface area contributed by atoms with Crippen LogP contribution < -0.4 is 0 Å². The van der Waals surface area contributed by atoms with Crippen molar-refractivity contribution in [3.63, 3.8) is 0 Å². The first kappa shape index (κ1) is 20.1. The molecule has 1 saturated carbocycles. The Morgan fingerprint density at radius 2 is 2.15 bits per heavy atom. The SMILES string of the molecule is CC(C)(C)OC(=O)N1CC2CCC(OCC(=O)O)(c3ccncc3Br)C2C1. The lowest BCUT2D eigenvalue weighted by Crippen LogP contribution is -2.41. The standard InChI is InChI=1S/C19H25BrN2O5/c1-18(2,3)27-17(25)22-9-12-4-6-19(14(12)10-22,26-11-16(23)24)13-5-7-21-8-15(13)20/h5,7-8,12,14H,4,6,9-11H2,1-3H3,(H,23,24). The minimum atomic E-state index is -1.01. The van der Waals surface area contributed by atoms with Crippen molar-refractivity contribution in [3.8, 4) is 0 Å². The van der Waals surface area contributed by atoms with E-state index in [-0.39, 0.29) is 24.5 Å². The second-order valence-electron chi connectivity index (χ2n) is 8.22. The number of aromatic nitrogens is 1. The highest BCUT2D eigenvalue weighted by atomic mass is 79.9. The first-order valence-corrected chi connectivity index (χ1v) is 9.85. The normalized spacial score (nSPS) is 27.5. The average Bonchev–Trinajstić information content (AvgIpc) is 3.12. The topological polar surface area (TPSA) is 89.0 Å². The molecule has 1 aliphatic carbocycles. The summed E-state index contributed by atoms with van der Waals surface area (Å²) in [5.74, 6) is -0.764. The first-order chi connectivity index (χ1) is 12.6. The molecule has 0 aromatic carbocycles. The third-order valence-electron chi connectivity index (χ3n) is 5.26. The van der Waals surface area contributed by atoms with Crippen molar-refractivity contribution in [2.24, 2.45) is 11.8 Å². The molecular weight excluding hydrogens is 416 g/mol. The van der Waals surface area contributed by atoms with Gasteiger partial charge in [-0.05, 0) is 61.5 Å². The van der Waals surface area contributed by atoms with Gasteiger partial charge in [-0.2, -0.15) is 0 Å². The maximum Gasteiger partial charge on any atom is 0.410 e. The van der Waals surface area contributed by atoms with Gasteiger partial charge in [0.2, 0.25) is 0 Å². The molecule has 2 fully saturated rings. The lowest BCUT2D eigenvalue weighted by molar-refractivity contribution is -0.154. The largest absolute Gasteiger partial charge is 0.480 e. The molecule has 1 aromatic rings. The van der Waals surface area contributed by atoms with Gasteiger partial charge in [0.15, 0.2) is 0 Å². The van der Waals surface area contributed by atoms with Crippen molar-refractivity contribution in [2.45, 2.75) is 44.8 Å². The van der Waals surface area contributed by atoms with Gasteiger partial charge in [-0.15, -0.1) is 0 Å². The highest BCUT2D eigenvalue weighted by molar-refractivity contribution is 9.10. The number of nitrogens with zero attached hydrogens (tertiary/aromatic N) is 2. The lowest BCUT2D eigenvalue weighted by Gasteiger charge is -2.36. The number of pyridine rings is 1. The fourth-order valence-corrected chi connectivity index (χ4v) is 4.84. The van der Waals surface area contributed by atoms with Crippen LogP contribution in [0.15, 0.2) is 22.9 Å². The van der Waals surface area contributed by atoms with Crippen LogP contribution in [0.1, 0.15) is 39.2 Å². The number of aliphatic carboxylic acids is 1. The maximum absolute atomic E-state index is 12.5. The van der Waals surface area contributed by atoms with E-state index in [4.69, 9.17) is 9.47 Å². The fourth-order valence-electron chi connectivity index (χ4n) is 4.25. The Hall–Kier alpha value is -1.67. The van der Waals surface area contributed by atoms with E-state index >= 15 is 0 Å². The minimum absolute atomic E-state index is 0.00284. The average molecular weight is 441 g/mol. The third kappa shape index (κ3) is 4.11. The van der Waals surface area contributed by atoms with Gasteiger partial charge in [-0.1, -0.05) is 0 Å². The van der Waals surface area contributed by atoms with Gasteiger partial charge in [-0.3, -0.25) is 4.98 Å². The Morgan fingerprint density at radius 3 is 2.78 bits per heavy atom. The van der Waals surface area contributed by atoms with Crippen LogP contribution in [0.2, 0.25) is 0 Å². The summed E-state index contributed by atoms with van der Waals surface area (Å²) in [6, 6.07) is 1.87. The summed E-state index contributed by atoms with van der Waals surface area (Å²) in [7, 11) is 0. The maximum atomic E-state index is 12.5. The smallest absolute Gasteiger partial charge is 0.410 e. The Morgan fingerprint density at radius 1 is 1.41 bits per heavy atom. The number of hydrogen-bond acceptors (Lipinski definition) is 5. The molecule has 1 amide bonds. The fraction of sp³-hybridized carbons (Fsp3) is 0.632. The number of fused-ring (bicyclic) bond motifs is 1. The molecule has 0 spiro atoms. The summed E-state index contributed by atoms with van der Waals surface area (Å²) < 4.78 is 12.3. The van der Waals surface area contributed by atoms with Crippen LogP contribution in [0.25, 0.3) is 0 Å². The van der Waals surface area contributed by atoms with E-state index in [9.17, 15) is 14.7 Å². The van der Waals surface area contributed by atoms with E-state index in [1.54, 1.807) is 17.3 Å². The van der Waals surface area contributed by atoms with E-state index in [2.05, 4.69) is 20.9 Å². The van der Waals surface area contributed by atoms with Gasteiger partial charge in [-0.25, -0.2) is 9.59 Å². The Balaban J connectivity index is 1.88. The van der Waals surface area contributed by atoms with Crippen LogP contribution in [-0.2, 0) is 19.9 Å². The van der Waals surface area contributed by atoms with Gasteiger partial charge in [0, 0.05) is 41.4 Å². The van der Waals surface area contributed by atoms with E-state index in [1.165, 1.54) is 0 Å². The van der Waals surface area contributed by atoms with Gasteiger partial charge < -0.3 is 19.5 Å². The zero-order chi connectivity index (χ0) is 19.8. The number of amides is 1. The van der Waals surface area contributed by atoms with Crippen molar-refractivity contribution in [1.29, 1.82) is 0 Å². The highest BCUT2D eigenvalue weighted by Crippen LogP contribution is 2.54. The van der Waals surface area contributed by atoms with Crippen LogP contribution >= 0.6 is 15.9 Å². The molecule has 1 aromatic heterocycles. The van der Waals surface area contributed by atoms with E-state index < -0.39 is 17.2 Å². The summed E-state index contributed by atoms with van der Waals surface area (Å²) in [6.07, 6.45) is 4.60. The molecule has 27 heavy (non-hydrogen) atoms. The van der Waals surface area contributed by atoms with Crippen molar-refractivity contribution >= 4 is 28.0 Å². The number of ether oxygens (including phenoxy) is 2. The third-order valence-corrected chi connectivity index (χ3v) is 5.89. The zero-order valence-electron chi connectivity index (χ0n) is 15.8. The second-order valence-corrected chi connectivity index (χ2v) is 9.07. The number of carboxylic acid groups (broad SMARTS) is 1. The molecule has 1 aliphatic heterocycles. The van der Waals surface area contributed by atoms with Crippen molar-refractivity contribution in [1.82, 2.24) is 9.88 Å². The van der Waals surface area contributed by atoms with Crippen LogP contribution in [0, 0.1) is 11.8 Å². The van der Waals surface area contributed by atoms with Gasteiger partial charge >= 0.3 is 12.1 Å². The van der Waals surface area contributed by atoms with Crippen molar-refractivity contribution in [2.75, 3.05) is 19.7 Å². The number of rotatable bonds is 4. The van der Waals surface area contributed by atoms with Gasteiger partial charge in [0.05, 0.1) is 5.60 Å². The van der Waals surface area contributed by atoms with E-state index in [0.29, 0.717) is 19.5 Å². The van der Waals surface area contributed by atoms with Crippen LogP contribution in [0.4, 0.5) is 4.79 Å². The second kappa shape index (κ2) is 7.39. The molecule has 0 bridgehead atoms. The quantitative estimate of drug-likeness (QED) is 0.771. The van der Waals surface area contributed by atoms with Crippen molar-refractivity contribution in [3.05, 3.63) is 28.5 Å². The molecule has 3 atom stereocenters. The van der Waals surface area contributed by atoms with Gasteiger partial charge in [0.25, 0.3) is 0 Å². The molecule has 2 aliphatic rings. The molecule has 8 heteroatoms. The molecule has 3 unspecified atom stereocenters. The molecule has 1 saturated heterocycles. The zero-order valence-corrected chi connectivity index (χ0v) is 17.4. The van der Waals surface area contributed by atoms with Crippen LogP contribution in [0.5, 0.6) is 0 Å². The molecule has 1 N–H and O–H groups in total. The summed E-state index contributed by atoms with van der Waals surface area (Å²) in [6.45, 7) is 6.22. The number of likely N-dealkylation sites (tertiary alicyclic amines) is 1. The monoisotopic (exact) mass is 440 g/mol. The number of carboxylic acids is 1. The minimum Gasteiger partial charge on any atom is -0.480 e. The molecule has 7 nitrogen and oxygen atoms in total. The van der Waals surface area contributed by atoms with E-state index in [1.807, 2.05) is 26.8 Å². The summed E-state index contributed by atoms with van der Waals surface area (Å²) in [5, 5.41) is 9.18. The summed E-state index contributed by atoms with van der Waals surface area (Å²) in [5.41, 5.74) is -0.432. The Bertz CT molecular complexity index is 735. The Kier molecular flexibility index (Phi) is 5.49. The predicted octanol–water partition coefficient (Wildman–Crippen LogP) is 3.42. The summed E-state index contributed by atoms with van der Waals surface area (Å²) in [4.78, 5) is 29.5. The highest BCUT2D eigenvalue weighted by Gasteiger charge is 2.56. The number of halogens is 1. The predicted molar refractivity (Wildman–Crippen MR) is 101 cm³/mol. The molecule has 148 valence electrons. The molecular formula is C19H25BrN2O5.